The van der Waals surface area contributed by atoms with Gasteiger partial charge in [-0.25, -0.2) is 4.79 Å². The van der Waals surface area contributed by atoms with E-state index in [1.165, 1.54) is 20.0 Å². The number of ether oxygens (including phenoxy) is 1. The van der Waals surface area contributed by atoms with Crippen molar-refractivity contribution in [3.8, 4) is 0 Å². The minimum absolute atomic E-state index is 0.0241. The van der Waals surface area contributed by atoms with E-state index in [2.05, 4.69) is 10.6 Å². The van der Waals surface area contributed by atoms with Gasteiger partial charge in [0.05, 0.1) is 13.2 Å². The predicted octanol–water partition coefficient (Wildman–Crippen LogP) is -0.798. The summed E-state index contributed by atoms with van der Waals surface area (Å²) < 4.78 is 4.70. The van der Waals surface area contributed by atoms with Crippen LogP contribution in [0.3, 0.4) is 0 Å². The molecule has 3 N–H and O–H groups in total. The van der Waals surface area contributed by atoms with Gasteiger partial charge in [0.1, 0.15) is 0 Å². The van der Waals surface area contributed by atoms with Crippen molar-refractivity contribution >= 4 is 11.9 Å². The van der Waals surface area contributed by atoms with Crippen molar-refractivity contribution in [2.45, 2.75) is 18.9 Å². The molecular weight excluding hydrogens is 212 g/mol. The summed E-state index contributed by atoms with van der Waals surface area (Å²) in [6.45, 7) is 0.961. The van der Waals surface area contributed by atoms with Crippen LogP contribution in [-0.2, 0) is 14.3 Å². The third kappa shape index (κ3) is 5.09. The SMILES string of the molecule is COCC(NC(=O)CNCC1CC1)C(=O)O. The van der Waals surface area contributed by atoms with Crippen molar-refractivity contribution < 1.29 is 19.4 Å². The number of hydrogen-bond acceptors (Lipinski definition) is 4. The fourth-order valence-corrected chi connectivity index (χ4v) is 1.30. The van der Waals surface area contributed by atoms with E-state index in [1.807, 2.05) is 0 Å². The molecule has 1 unspecified atom stereocenters. The van der Waals surface area contributed by atoms with Crippen LogP contribution >= 0.6 is 0 Å². The highest BCUT2D eigenvalue weighted by atomic mass is 16.5. The Morgan fingerprint density at radius 2 is 2.19 bits per heavy atom. The van der Waals surface area contributed by atoms with Crippen LogP contribution in [0, 0.1) is 5.92 Å². The van der Waals surface area contributed by atoms with Crippen LogP contribution in [0.25, 0.3) is 0 Å². The molecule has 1 fully saturated rings. The maximum absolute atomic E-state index is 11.3. The summed E-state index contributed by atoms with van der Waals surface area (Å²) in [6.07, 6.45) is 2.44. The van der Waals surface area contributed by atoms with E-state index in [9.17, 15) is 9.59 Å². The highest BCUT2D eigenvalue weighted by Gasteiger charge is 2.22. The maximum atomic E-state index is 11.3. The Morgan fingerprint density at radius 3 is 2.69 bits per heavy atom. The topological polar surface area (TPSA) is 87.7 Å². The van der Waals surface area contributed by atoms with E-state index in [4.69, 9.17) is 9.84 Å². The van der Waals surface area contributed by atoms with Gasteiger partial charge in [-0.3, -0.25) is 4.79 Å². The predicted molar refractivity (Wildman–Crippen MR) is 57.0 cm³/mol. The summed E-state index contributed by atoms with van der Waals surface area (Å²) in [5.74, 6) is -0.704. The second kappa shape index (κ2) is 6.44. The Kier molecular flexibility index (Phi) is 5.21. The molecule has 0 aromatic rings. The first-order chi connectivity index (χ1) is 7.63. The molecule has 0 radical (unpaired) electrons. The van der Waals surface area contributed by atoms with Gasteiger partial charge in [0.25, 0.3) is 0 Å². The lowest BCUT2D eigenvalue weighted by Gasteiger charge is -2.13. The van der Waals surface area contributed by atoms with Gasteiger partial charge >= 0.3 is 5.97 Å². The fraction of sp³-hybridized carbons (Fsp3) is 0.800. The highest BCUT2D eigenvalue weighted by Crippen LogP contribution is 2.27. The van der Waals surface area contributed by atoms with Crippen LogP contribution in [0.2, 0.25) is 0 Å². The minimum atomic E-state index is -1.09. The second-order valence-electron chi connectivity index (χ2n) is 3.99. The van der Waals surface area contributed by atoms with E-state index in [0.29, 0.717) is 5.92 Å². The third-order valence-electron chi connectivity index (χ3n) is 2.38. The Bertz CT molecular complexity index is 253. The maximum Gasteiger partial charge on any atom is 0.328 e. The molecule has 1 rings (SSSR count). The fourth-order valence-electron chi connectivity index (χ4n) is 1.30. The molecule has 1 atom stereocenters. The molecule has 0 aromatic heterocycles. The zero-order valence-electron chi connectivity index (χ0n) is 9.36. The number of amides is 1. The van der Waals surface area contributed by atoms with E-state index >= 15 is 0 Å². The van der Waals surface area contributed by atoms with Crippen LogP contribution in [-0.4, -0.2) is 49.8 Å². The monoisotopic (exact) mass is 230 g/mol. The zero-order valence-corrected chi connectivity index (χ0v) is 9.36. The van der Waals surface area contributed by atoms with Gasteiger partial charge in [0.15, 0.2) is 6.04 Å². The number of hydrogen-bond donors (Lipinski definition) is 3. The lowest BCUT2D eigenvalue weighted by molar-refractivity contribution is -0.143. The van der Waals surface area contributed by atoms with Gasteiger partial charge < -0.3 is 20.5 Å². The molecule has 0 heterocycles. The Hall–Kier alpha value is -1.14. The van der Waals surface area contributed by atoms with Crippen LogP contribution in [0.4, 0.5) is 0 Å². The molecule has 1 aliphatic carbocycles. The van der Waals surface area contributed by atoms with Gasteiger partial charge in [-0.05, 0) is 25.3 Å². The van der Waals surface area contributed by atoms with Crippen molar-refractivity contribution in [1.29, 1.82) is 0 Å². The quantitative estimate of drug-likeness (QED) is 0.508. The minimum Gasteiger partial charge on any atom is -0.480 e. The summed E-state index contributed by atoms with van der Waals surface area (Å²) in [6, 6.07) is -0.972. The normalized spacial score (nSPS) is 16.8. The number of carboxylic acid groups (broad SMARTS) is 1. The molecule has 6 heteroatoms. The number of nitrogens with one attached hydrogen (secondary N) is 2. The van der Waals surface area contributed by atoms with Gasteiger partial charge in [0, 0.05) is 7.11 Å². The summed E-state index contributed by atoms with van der Waals surface area (Å²) in [7, 11) is 1.40. The molecule has 1 saturated carbocycles. The first kappa shape index (κ1) is 12.9. The van der Waals surface area contributed by atoms with Crippen LogP contribution in [0.15, 0.2) is 0 Å². The van der Waals surface area contributed by atoms with Crippen LogP contribution in [0.5, 0.6) is 0 Å². The lowest BCUT2D eigenvalue weighted by atomic mass is 10.3. The summed E-state index contributed by atoms with van der Waals surface area (Å²) >= 11 is 0. The number of methoxy groups -OCH3 is 1. The molecule has 1 amide bonds. The van der Waals surface area contributed by atoms with Gasteiger partial charge in [-0.1, -0.05) is 0 Å². The van der Waals surface area contributed by atoms with Gasteiger partial charge in [-0.2, -0.15) is 0 Å². The third-order valence-corrected chi connectivity index (χ3v) is 2.38. The van der Waals surface area contributed by atoms with Crippen molar-refractivity contribution in [2.75, 3.05) is 26.8 Å². The number of carboxylic acids is 1. The van der Waals surface area contributed by atoms with Crippen molar-refractivity contribution in [3.63, 3.8) is 0 Å². The second-order valence-corrected chi connectivity index (χ2v) is 3.99. The average Bonchev–Trinajstić information content (AvgIpc) is 3.01. The molecule has 1 aliphatic rings. The van der Waals surface area contributed by atoms with E-state index in [-0.39, 0.29) is 19.1 Å². The van der Waals surface area contributed by atoms with Gasteiger partial charge in [-0.15, -0.1) is 0 Å². The summed E-state index contributed by atoms with van der Waals surface area (Å²) in [5.41, 5.74) is 0. The van der Waals surface area contributed by atoms with E-state index in [1.54, 1.807) is 0 Å². The Balaban J connectivity index is 2.15. The highest BCUT2D eigenvalue weighted by molar-refractivity contribution is 5.84. The van der Waals surface area contributed by atoms with Gasteiger partial charge in [0.2, 0.25) is 5.91 Å². The van der Waals surface area contributed by atoms with Crippen molar-refractivity contribution in [1.82, 2.24) is 10.6 Å². The van der Waals surface area contributed by atoms with Crippen molar-refractivity contribution in [3.05, 3.63) is 0 Å². The molecule has 16 heavy (non-hydrogen) atoms. The standard InChI is InChI=1S/C10H18N2O4/c1-16-6-8(10(14)15)12-9(13)5-11-4-7-2-3-7/h7-8,11H,2-6H2,1H3,(H,12,13)(H,14,15). The van der Waals surface area contributed by atoms with Crippen molar-refractivity contribution in [2.24, 2.45) is 5.92 Å². The number of carbonyl (C=O) groups excluding carboxylic acids is 1. The van der Waals surface area contributed by atoms with Crippen LogP contribution < -0.4 is 10.6 Å². The van der Waals surface area contributed by atoms with Crippen LogP contribution in [0.1, 0.15) is 12.8 Å². The average molecular weight is 230 g/mol. The summed E-state index contributed by atoms with van der Waals surface area (Å²) in [5, 5.41) is 14.1. The van der Waals surface area contributed by atoms with E-state index < -0.39 is 12.0 Å². The number of rotatable bonds is 8. The molecule has 0 saturated heterocycles. The first-order valence-electron chi connectivity index (χ1n) is 5.35. The Morgan fingerprint density at radius 1 is 1.50 bits per heavy atom. The molecule has 0 spiro atoms. The molecule has 0 bridgehead atoms. The smallest absolute Gasteiger partial charge is 0.328 e. The first-order valence-corrected chi connectivity index (χ1v) is 5.35. The molecule has 92 valence electrons. The molecular formula is C10H18N2O4. The largest absolute Gasteiger partial charge is 0.480 e. The molecule has 6 nitrogen and oxygen atoms in total. The Labute approximate surface area is 94.3 Å². The number of aliphatic carboxylic acids is 1. The zero-order chi connectivity index (χ0) is 12.0. The lowest BCUT2D eigenvalue weighted by Crippen LogP contribution is -2.47. The summed E-state index contributed by atoms with van der Waals surface area (Å²) in [4.78, 5) is 22.0. The van der Waals surface area contributed by atoms with E-state index in [0.717, 1.165) is 6.54 Å². The molecule has 0 aromatic carbocycles. The molecule has 0 aliphatic heterocycles. The number of carbonyl (C=O) groups is 2.